The summed E-state index contributed by atoms with van der Waals surface area (Å²) in [5.74, 6) is 4.50. The Morgan fingerprint density at radius 1 is 0.667 bits per heavy atom. The Morgan fingerprint density at radius 3 is 1.76 bits per heavy atom. The van der Waals surface area contributed by atoms with Crippen LogP contribution in [0.3, 0.4) is 0 Å². The van der Waals surface area contributed by atoms with Gasteiger partial charge in [0.15, 0.2) is 0 Å². The molecule has 2 saturated carbocycles. The molecule has 0 saturated heterocycles. The van der Waals surface area contributed by atoms with Gasteiger partial charge in [-0.3, -0.25) is 0 Å². The number of aliphatic hydroxyl groups excluding tert-OH is 1. The van der Waals surface area contributed by atoms with Crippen LogP contribution in [0.1, 0.15) is 96.8 Å². The van der Waals surface area contributed by atoms with Gasteiger partial charge in [0.1, 0.15) is 0 Å². The van der Waals surface area contributed by atoms with Crippen LogP contribution in [0.15, 0.2) is 0 Å². The van der Waals surface area contributed by atoms with E-state index >= 15 is 0 Å². The average molecular weight is 295 g/mol. The van der Waals surface area contributed by atoms with E-state index in [4.69, 9.17) is 5.11 Å². The maximum absolute atomic E-state index is 8.74. The zero-order valence-corrected chi connectivity index (χ0v) is 14.4. The first kappa shape index (κ1) is 17.3. The van der Waals surface area contributed by atoms with Gasteiger partial charge in [-0.05, 0) is 49.4 Å². The molecular formula is C20H38O. The largest absolute Gasteiger partial charge is 0.396 e. The molecule has 0 heterocycles. The van der Waals surface area contributed by atoms with E-state index in [-0.39, 0.29) is 0 Å². The minimum absolute atomic E-state index is 0.379. The van der Waals surface area contributed by atoms with Crippen LogP contribution in [0.2, 0.25) is 0 Å². The fraction of sp³-hybridized carbons (Fsp3) is 1.00. The quantitative estimate of drug-likeness (QED) is 0.392. The van der Waals surface area contributed by atoms with Crippen molar-refractivity contribution in [3.63, 3.8) is 0 Å². The van der Waals surface area contributed by atoms with Gasteiger partial charge < -0.3 is 5.11 Å². The lowest BCUT2D eigenvalue weighted by molar-refractivity contribution is 0.282. The third-order valence-electron chi connectivity index (χ3n) is 5.91. The molecule has 0 aromatic heterocycles. The molecule has 21 heavy (non-hydrogen) atoms. The van der Waals surface area contributed by atoms with Crippen molar-refractivity contribution in [2.24, 2.45) is 23.7 Å². The molecule has 1 nitrogen and oxygen atoms in total. The molecule has 0 aliphatic heterocycles. The first-order chi connectivity index (χ1) is 10.3. The zero-order chi connectivity index (χ0) is 14.9. The second-order valence-electron chi connectivity index (χ2n) is 7.88. The lowest BCUT2D eigenvalue weighted by atomic mass is 10.0. The molecule has 1 N–H and O–H groups in total. The third-order valence-corrected chi connectivity index (χ3v) is 5.91. The summed E-state index contributed by atoms with van der Waals surface area (Å²) < 4.78 is 0. The molecule has 2 rings (SSSR count). The van der Waals surface area contributed by atoms with Crippen LogP contribution in [0, 0.1) is 23.7 Å². The van der Waals surface area contributed by atoms with E-state index in [0.717, 1.165) is 30.1 Å². The van der Waals surface area contributed by atoms with Crippen LogP contribution in [-0.2, 0) is 0 Å². The van der Waals surface area contributed by atoms with Gasteiger partial charge in [0.2, 0.25) is 0 Å². The van der Waals surface area contributed by atoms with E-state index < -0.39 is 0 Å². The molecule has 1 heteroatoms. The second-order valence-corrected chi connectivity index (χ2v) is 7.88. The molecule has 0 unspecified atom stereocenters. The molecule has 0 spiro atoms. The highest BCUT2D eigenvalue weighted by Gasteiger charge is 2.44. The van der Waals surface area contributed by atoms with Gasteiger partial charge in [0, 0.05) is 6.61 Å². The summed E-state index contributed by atoms with van der Waals surface area (Å²) in [5.41, 5.74) is 0. The van der Waals surface area contributed by atoms with E-state index in [0.29, 0.717) is 6.61 Å². The van der Waals surface area contributed by atoms with Gasteiger partial charge in [-0.2, -0.15) is 0 Å². The summed E-state index contributed by atoms with van der Waals surface area (Å²) in [6, 6.07) is 0. The van der Waals surface area contributed by atoms with Crippen molar-refractivity contribution >= 4 is 0 Å². The molecule has 0 aromatic carbocycles. The minimum atomic E-state index is 0.379. The van der Waals surface area contributed by atoms with Crippen molar-refractivity contribution < 1.29 is 5.11 Å². The molecule has 0 radical (unpaired) electrons. The summed E-state index contributed by atoms with van der Waals surface area (Å²) in [6.07, 6.45) is 19.9. The lowest BCUT2D eigenvalue weighted by Gasteiger charge is -2.02. The minimum Gasteiger partial charge on any atom is -0.396 e. The maximum Gasteiger partial charge on any atom is 0.0431 e. The number of rotatable bonds is 14. The summed E-state index contributed by atoms with van der Waals surface area (Å²) >= 11 is 0. The predicted octanol–water partition coefficient (Wildman–Crippen LogP) is 5.95. The normalized spacial score (nSPS) is 30.6. The van der Waals surface area contributed by atoms with Crippen molar-refractivity contribution in [2.45, 2.75) is 96.8 Å². The van der Waals surface area contributed by atoms with E-state index in [2.05, 4.69) is 6.92 Å². The molecule has 0 aromatic rings. The molecular weight excluding hydrogens is 256 g/mol. The van der Waals surface area contributed by atoms with Gasteiger partial charge in [-0.25, -0.2) is 0 Å². The Hall–Kier alpha value is -0.0400. The number of unbranched alkanes of at least 4 members (excludes halogenated alkanes) is 7. The van der Waals surface area contributed by atoms with Gasteiger partial charge in [-0.15, -0.1) is 0 Å². The van der Waals surface area contributed by atoms with Crippen LogP contribution >= 0.6 is 0 Å². The zero-order valence-electron chi connectivity index (χ0n) is 14.4. The number of hydrogen-bond donors (Lipinski definition) is 1. The van der Waals surface area contributed by atoms with Crippen molar-refractivity contribution in [3.05, 3.63) is 0 Å². The molecule has 2 aliphatic rings. The fourth-order valence-electron chi connectivity index (χ4n) is 4.18. The Morgan fingerprint density at radius 2 is 1.19 bits per heavy atom. The van der Waals surface area contributed by atoms with Crippen molar-refractivity contribution in [1.29, 1.82) is 0 Å². The van der Waals surface area contributed by atoms with Crippen LogP contribution in [-0.4, -0.2) is 11.7 Å². The topological polar surface area (TPSA) is 20.2 Å². The average Bonchev–Trinajstić information content (AvgIpc) is 3.39. The van der Waals surface area contributed by atoms with Crippen LogP contribution in [0.5, 0.6) is 0 Å². The lowest BCUT2D eigenvalue weighted by Crippen LogP contribution is -1.90. The highest BCUT2D eigenvalue weighted by molar-refractivity contribution is 4.94. The SMILES string of the molecule is CCCCC[C@@H]1C[C@@H]1C[C@H]1C[C@@H]1CCCCCCCCO. The molecule has 2 aliphatic carbocycles. The van der Waals surface area contributed by atoms with Crippen LogP contribution in [0.25, 0.3) is 0 Å². The van der Waals surface area contributed by atoms with Gasteiger partial charge in [-0.1, -0.05) is 71.1 Å². The van der Waals surface area contributed by atoms with E-state index in [9.17, 15) is 0 Å². The first-order valence-electron chi connectivity index (χ1n) is 9.96. The summed E-state index contributed by atoms with van der Waals surface area (Å²) in [5, 5.41) is 8.74. The predicted molar refractivity (Wildman–Crippen MR) is 91.4 cm³/mol. The second kappa shape index (κ2) is 9.87. The van der Waals surface area contributed by atoms with Crippen LogP contribution in [0.4, 0.5) is 0 Å². The fourth-order valence-corrected chi connectivity index (χ4v) is 4.18. The Labute approximate surface area is 132 Å². The highest BCUT2D eigenvalue weighted by Crippen LogP contribution is 2.54. The summed E-state index contributed by atoms with van der Waals surface area (Å²) in [7, 11) is 0. The van der Waals surface area contributed by atoms with Crippen molar-refractivity contribution in [1.82, 2.24) is 0 Å². The van der Waals surface area contributed by atoms with Gasteiger partial charge in [0.25, 0.3) is 0 Å². The molecule has 0 amide bonds. The van der Waals surface area contributed by atoms with Crippen molar-refractivity contribution in [3.8, 4) is 0 Å². The van der Waals surface area contributed by atoms with Gasteiger partial charge in [0.05, 0.1) is 0 Å². The van der Waals surface area contributed by atoms with Crippen LogP contribution < -0.4 is 0 Å². The number of aliphatic hydroxyl groups is 1. The Balaban J connectivity index is 1.36. The van der Waals surface area contributed by atoms with Gasteiger partial charge >= 0.3 is 0 Å². The Bertz CT molecular complexity index is 263. The maximum atomic E-state index is 8.74. The van der Waals surface area contributed by atoms with E-state index in [1.807, 2.05) is 0 Å². The highest BCUT2D eigenvalue weighted by atomic mass is 16.2. The first-order valence-corrected chi connectivity index (χ1v) is 9.96. The molecule has 124 valence electrons. The van der Waals surface area contributed by atoms with Crippen molar-refractivity contribution in [2.75, 3.05) is 6.61 Å². The molecule has 2 fully saturated rings. The standard InChI is InChI=1S/C20H38O/c1-2-3-8-11-17-14-19(17)16-20-15-18(20)12-9-6-4-5-7-10-13-21/h17-21H,2-16H2,1H3/t17-,18+,19-,20-/m1/s1. The summed E-state index contributed by atoms with van der Waals surface area (Å²) in [4.78, 5) is 0. The molecule has 0 bridgehead atoms. The van der Waals surface area contributed by atoms with E-state index in [1.165, 1.54) is 64.2 Å². The third kappa shape index (κ3) is 7.17. The smallest absolute Gasteiger partial charge is 0.0431 e. The number of hydrogen-bond acceptors (Lipinski definition) is 1. The van der Waals surface area contributed by atoms with E-state index in [1.54, 1.807) is 19.3 Å². The summed E-state index contributed by atoms with van der Waals surface area (Å²) in [6.45, 7) is 2.69. The monoisotopic (exact) mass is 294 g/mol. The Kier molecular flexibility index (Phi) is 8.14. The molecule has 4 atom stereocenters.